The quantitative estimate of drug-likeness (QED) is 0.369. The molecule has 4 aromatic rings. The molecule has 37 heavy (non-hydrogen) atoms. The van der Waals surface area contributed by atoms with Gasteiger partial charge in [-0.15, -0.1) is 11.3 Å². The Morgan fingerprint density at radius 3 is 2.70 bits per heavy atom. The molecule has 0 spiro atoms. The molecule has 7 nitrogen and oxygen atoms in total. The summed E-state index contributed by atoms with van der Waals surface area (Å²) in [6, 6.07) is 12.1. The van der Waals surface area contributed by atoms with E-state index in [-0.39, 0.29) is 6.10 Å². The van der Waals surface area contributed by atoms with Crippen LogP contribution in [0, 0.1) is 5.92 Å². The first-order chi connectivity index (χ1) is 18.1. The number of hydrogen-bond donors (Lipinski definition) is 1. The van der Waals surface area contributed by atoms with Gasteiger partial charge in [-0.25, -0.2) is 9.97 Å². The standard InChI is InChI=1S/C29H33N5O2S/c1-33-12-14-34(15-13-33)28-9-6-21(18-31-28)23-19-30-11-10-26(23)36-22-7-8-24-27(17-22)37-29(32-24)16-20-4-2-3-5-25(20)35/h6-11,17-20,25,35H,2-5,12-16H2,1H3/t20-,25+/m0/s1. The third-order valence-electron chi connectivity index (χ3n) is 7.60. The van der Waals surface area contributed by atoms with Crippen LogP contribution < -0.4 is 9.64 Å². The Bertz CT molecular complexity index is 1350. The Morgan fingerprint density at radius 2 is 1.89 bits per heavy atom. The van der Waals surface area contributed by atoms with Crippen molar-refractivity contribution in [3.63, 3.8) is 0 Å². The Hall–Kier alpha value is -3.07. The number of pyridine rings is 2. The molecule has 2 atom stereocenters. The fourth-order valence-corrected chi connectivity index (χ4v) is 6.42. The predicted octanol–water partition coefficient (Wildman–Crippen LogP) is 5.39. The van der Waals surface area contributed by atoms with Gasteiger partial charge in [0, 0.05) is 68.4 Å². The van der Waals surface area contributed by atoms with Crippen LogP contribution in [-0.2, 0) is 6.42 Å². The van der Waals surface area contributed by atoms with Gasteiger partial charge < -0.3 is 19.6 Å². The predicted molar refractivity (Wildman–Crippen MR) is 149 cm³/mol. The van der Waals surface area contributed by atoms with Gasteiger partial charge in [-0.3, -0.25) is 4.98 Å². The fraction of sp³-hybridized carbons (Fsp3) is 0.414. The van der Waals surface area contributed by atoms with Crippen LogP contribution in [0.15, 0.2) is 55.0 Å². The van der Waals surface area contributed by atoms with E-state index in [1.807, 2.05) is 30.6 Å². The molecule has 1 aliphatic carbocycles. The highest BCUT2D eigenvalue weighted by Gasteiger charge is 2.24. The van der Waals surface area contributed by atoms with Crippen LogP contribution in [0.25, 0.3) is 21.3 Å². The minimum absolute atomic E-state index is 0.199. The number of anilines is 1. The van der Waals surface area contributed by atoms with Crippen molar-refractivity contribution >= 4 is 27.4 Å². The number of benzene rings is 1. The van der Waals surface area contributed by atoms with Crippen molar-refractivity contribution in [2.24, 2.45) is 5.92 Å². The summed E-state index contributed by atoms with van der Waals surface area (Å²) in [7, 11) is 2.16. The Kier molecular flexibility index (Phi) is 7.04. The van der Waals surface area contributed by atoms with Gasteiger partial charge in [-0.05, 0) is 56.1 Å². The molecule has 0 unspecified atom stereocenters. The lowest BCUT2D eigenvalue weighted by molar-refractivity contribution is 0.0700. The number of ether oxygens (including phenoxy) is 1. The van der Waals surface area contributed by atoms with Crippen molar-refractivity contribution in [1.29, 1.82) is 0 Å². The molecule has 6 rings (SSSR count). The van der Waals surface area contributed by atoms with E-state index >= 15 is 0 Å². The molecular weight excluding hydrogens is 482 g/mol. The number of rotatable bonds is 6. The van der Waals surface area contributed by atoms with E-state index in [0.29, 0.717) is 5.92 Å². The van der Waals surface area contributed by atoms with Gasteiger partial charge in [0.2, 0.25) is 0 Å². The van der Waals surface area contributed by atoms with E-state index in [4.69, 9.17) is 14.7 Å². The lowest BCUT2D eigenvalue weighted by Crippen LogP contribution is -2.44. The van der Waals surface area contributed by atoms with Crippen LogP contribution in [0.4, 0.5) is 5.82 Å². The van der Waals surface area contributed by atoms with E-state index in [9.17, 15) is 5.11 Å². The Balaban J connectivity index is 1.19. The number of nitrogens with zero attached hydrogens (tertiary/aromatic N) is 5. The second-order valence-corrected chi connectivity index (χ2v) is 11.3. The van der Waals surface area contributed by atoms with Gasteiger partial charge in [0.05, 0.1) is 21.3 Å². The highest BCUT2D eigenvalue weighted by Crippen LogP contribution is 2.36. The maximum absolute atomic E-state index is 10.4. The topological polar surface area (TPSA) is 74.6 Å². The molecule has 1 saturated carbocycles. The zero-order valence-corrected chi connectivity index (χ0v) is 22.0. The number of fused-ring (bicyclic) bond motifs is 1. The summed E-state index contributed by atoms with van der Waals surface area (Å²) >= 11 is 1.70. The number of hydrogen-bond acceptors (Lipinski definition) is 8. The van der Waals surface area contributed by atoms with Crippen molar-refractivity contribution in [2.45, 2.75) is 38.2 Å². The molecule has 8 heteroatoms. The number of aliphatic hydroxyl groups is 1. The molecular formula is C29H33N5O2S. The highest BCUT2D eigenvalue weighted by molar-refractivity contribution is 7.18. The summed E-state index contributed by atoms with van der Waals surface area (Å²) in [6.07, 6.45) is 10.5. The van der Waals surface area contributed by atoms with Crippen molar-refractivity contribution in [3.8, 4) is 22.6 Å². The molecule has 1 saturated heterocycles. The first-order valence-corrected chi connectivity index (χ1v) is 14.0. The zero-order chi connectivity index (χ0) is 25.2. The third-order valence-corrected chi connectivity index (χ3v) is 8.65. The molecule has 0 amide bonds. The molecule has 1 aromatic carbocycles. The van der Waals surface area contributed by atoms with Crippen molar-refractivity contribution < 1.29 is 9.84 Å². The first-order valence-electron chi connectivity index (χ1n) is 13.2. The average molecular weight is 516 g/mol. The maximum Gasteiger partial charge on any atom is 0.138 e. The lowest BCUT2D eigenvalue weighted by atomic mass is 9.84. The second-order valence-electron chi connectivity index (χ2n) is 10.2. The van der Waals surface area contributed by atoms with Crippen LogP contribution in [0.1, 0.15) is 30.7 Å². The molecule has 0 radical (unpaired) electrons. The number of piperazine rings is 1. The third kappa shape index (κ3) is 5.46. The van der Waals surface area contributed by atoms with E-state index in [1.54, 1.807) is 17.5 Å². The van der Waals surface area contributed by atoms with Gasteiger partial charge in [0.15, 0.2) is 0 Å². The smallest absolute Gasteiger partial charge is 0.138 e. The summed E-state index contributed by atoms with van der Waals surface area (Å²) < 4.78 is 7.47. The summed E-state index contributed by atoms with van der Waals surface area (Å²) in [6.45, 7) is 4.09. The molecule has 1 aliphatic heterocycles. The van der Waals surface area contributed by atoms with Crippen LogP contribution in [0.3, 0.4) is 0 Å². The van der Waals surface area contributed by atoms with Crippen LogP contribution in [-0.4, -0.2) is 64.3 Å². The molecule has 3 aromatic heterocycles. The second kappa shape index (κ2) is 10.7. The molecule has 1 N–H and O–H groups in total. The van der Waals surface area contributed by atoms with Crippen LogP contribution in [0.5, 0.6) is 11.5 Å². The minimum Gasteiger partial charge on any atom is -0.457 e. The number of aromatic nitrogens is 3. The fourth-order valence-electron chi connectivity index (χ4n) is 5.34. The van der Waals surface area contributed by atoms with E-state index in [2.05, 4.69) is 40.0 Å². The average Bonchev–Trinajstić information content (AvgIpc) is 3.33. The van der Waals surface area contributed by atoms with Crippen molar-refractivity contribution in [2.75, 3.05) is 38.1 Å². The van der Waals surface area contributed by atoms with Gasteiger partial charge in [0.25, 0.3) is 0 Å². The largest absolute Gasteiger partial charge is 0.457 e. The van der Waals surface area contributed by atoms with E-state index in [1.165, 1.54) is 6.42 Å². The molecule has 2 aliphatic rings. The summed E-state index contributed by atoms with van der Waals surface area (Å²) in [4.78, 5) is 18.6. The van der Waals surface area contributed by atoms with Gasteiger partial charge in [0.1, 0.15) is 17.3 Å². The normalized spacial score (nSPS) is 20.9. The van der Waals surface area contributed by atoms with Gasteiger partial charge in [-0.1, -0.05) is 12.8 Å². The van der Waals surface area contributed by atoms with Crippen molar-refractivity contribution in [1.82, 2.24) is 19.9 Å². The molecule has 192 valence electrons. The maximum atomic E-state index is 10.4. The number of thiazole rings is 1. The molecule has 0 bridgehead atoms. The Labute approximate surface area is 221 Å². The van der Waals surface area contributed by atoms with Gasteiger partial charge >= 0.3 is 0 Å². The summed E-state index contributed by atoms with van der Waals surface area (Å²) in [5, 5.41) is 11.5. The Morgan fingerprint density at radius 1 is 1.03 bits per heavy atom. The first kappa shape index (κ1) is 24.3. The monoisotopic (exact) mass is 515 g/mol. The van der Waals surface area contributed by atoms with E-state index < -0.39 is 0 Å². The summed E-state index contributed by atoms with van der Waals surface area (Å²) in [5.74, 6) is 2.85. The zero-order valence-electron chi connectivity index (χ0n) is 21.2. The van der Waals surface area contributed by atoms with Gasteiger partial charge in [-0.2, -0.15) is 0 Å². The molecule has 2 fully saturated rings. The van der Waals surface area contributed by atoms with Crippen LogP contribution >= 0.6 is 11.3 Å². The molecule has 4 heterocycles. The van der Waals surface area contributed by atoms with E-state index in [0.717, 1.165) is 95.5 Å². The number of likely N-dealkylation sites (N-methyl/N-ethyl adjacent to an activating group) is 1. The highest BCUT2D eigenvalue weighted by atomic mass is 32.1. The SMILES string of the molecule is CN1CCN(c2ccc(-c3cnccc3Oc3ccc4nc(C[C@@H]5CCCC[C@H]5O)sc4c3)cn2)CC1. The van der Waals surface area contributed by atoms with Crippen LogP contribution in [0.2, 0.25) is 0 Å². The minimum atomic E-state index is -0.199. The van der Waals surface area contributed by atoms with Crippen molar-refractivity contribution in [3.05, 3.63) is 60.0 Å². The number of aliphatic hydroxyl groups excluding tert-OH is 1. The lowest BCUT2D eigenvalue weighted by Gasteiger charge is -2.33. The summed E-state index contributed by atoms with van der Waals surface area (Å²) in [5.41, 5.74) is 2.88.